The largest absolute Gasteiger partial charge is 0.324 e. The van der Waals surface area contributed by atoms with Crippen LogP contribution in [0.1, 0.15) is 33.8 Å². The lowest BCUT2D eigenvalue weighted by Crippen LogP contribution is -2.27. The van der Waals surface area contributed by atoms with Gasteiger partial charge in [0.15, 0.2) is 0 Å². The molecule has 1 saturated carbocycles. The van der Waals surface area contributed by atoms with E-state index >= 15 is 0 Å². The van der Waals surface area contributed by atoms with Crippen LogP contribution in [-0.2, 0) is 6.42 Å². The van der Waals surface area contributed by atoms with E-state index < -0.39 is 0 Å². The molecule has 3 N–H and O–H groups in total. The van der Waals surface area contributed by atoms with Gasteiger partial charge >= 0.3 is 0 Å². The summed E-state index contributed by atoms with van der Waals surface area (Å²) in [5.74, 6) is 0.215. The fraction of sp³-hybridized carbons (Fsp3) is 0.121. The third-order valence-corrected chi connectivity index (χ3v) is 7.27. The summed E-state index contributed by atoms with van der Waals surface area (Å²) >= 11 is 0. The Balaban J connectivity index is 1.11. The lowest BCUT2D eigenvalue weighted by Gasteiger charge is -2.13. The van der Waals surface area contributed by atoms with Crippen molar-refractivity contribution in [2.45, 2.75) is 24.3 Å². The van der Waals surface area contributed by atoms with Crippen LogP contribution in [0.4, 0.5) is 5.69 Å². The van der Waals surface area contributed by atoms with Crippen molar-refractivity contribution in [2.24, 2.45) is 5.73 Å². The molecule has 5 aromatic rings. The highest BCUT2D eigenvalue weighted by atomic mass is 16.1. The van der Waals surface area contributed by atoms with E-state index in [2.05, 4.69) is 59.9 Å². The van der Waals surface area contributed by atoms with Crippen molar-refractivity contribution in [1.29, 1.82) is 0 Å². The Labute approximate surface area is 211 Å². The van der Waals surface area contributed by atoms with E-state index in [1.54, 1.807) is 0 Å². The molecule has 0 bridgehead atoms. The van der Waals surface area contributed by atoms with E-state index in [1.807, 2.05) is 66.7 Å². The van der Waals surface area contributed by atoms with Crippen molar-refractivity contribution in [3.8, 4) is 11.1 Å². The van der Waals surface area contributed by atoms with Crippen molar-refractivity contribution < 1.29 is 4.79 Å². The van der Waals surface area contributed by atoms with Gasteiger partial charge in [-0.2, -0.15) is 0 Å². The maximum atomic E-state index is 12.9. The zero-order valence-electron chi connectivity index (χ0n) is 20.0. The quantitative estimate of drug-likeness (QED) is 0.277. The Bertz CT molecular complexity index is 1540. The van der Waals surface area contributed by atoms with Gasteiger partial charge in [-0.3, -0.25) is 4.79 Å². The maximum Gasteiger partial charge on any atom is 0.255 e. The molecule has 0 unspecified atom stereocenters. The van der Waals surface area contributed by atoms with E-state index in [4.69, 9.17) is 5.73 Å². The first-order valence-corrected chi connectivity index (χ1v) is 12.4. The lowest BCUT2D eigenvalue weighted by atomic mass is 9.97. The van der Waals surface area contributed by atoms with Crippen molar-refractivity contribution in [3.63, 3.8) is 0 Å². The Morgan fingerprint density at radius 2 is 1.47 bits per heavy atom. The van der Waals surface area contributed by atoms with Crippen LogP contribution in [0.2, 0.25) is 0 Å². The van der Waals surface area contributed by atoms with E-state index in [0.717, 1.165) is 29.7 Å². The molecule has 36 heavy (non-hydrogen) atoms. The van der Waals surface area contributed by atoms with Crippen LogP contribution in [0.3, 0.4) is 0 Å². The molecule has 0 radical (unpaired) electrons. The minimum absolute atomic E-state index is 0.114. The number of nitrogens with one attached hydrogen (secondary N) is 1. The predicted molar refractivity (Wildman–Crippen MR) is 148 cm³/mol. The summed E-state index contributed by atoms with van der Waals surface area (Å²) in [6, 6.07) is 41.0. The average molecular weight is 469 g/mol. The second kappa shape index (κ2) is 9.10. The van der Waals surface area contributed by atoms with Crippen LogP contribution >= 0.6 is 0 Å². The highest BCUT2D eigenvalue weighted by Crippen LogP contribution is 2.51. The van der Waals surface area contributed by atoms with Crippen LogP contribution in [0.25, 0.3) is 21.9 Å². The van der Waals surface area contributed by atoms with E-state index in [0.29, 0.717) is 11.5 Å². The fourth-order valence-corrected chi connectivity index (χ4v) is 5.17. The molecule has 3 nitrogen and oxygen atoms in total. The van der Waals surface area contributed by atoms with Gasteiger partial charge in [0, 0.05) is 22.7 Å². The Kier molecular flexibility index (Phi) is 5.63. The summed E-state index contributed by atoms with van der Waals surface area (Å²) in [5, 5.41) is 5.54. The monoisotopic (exact) mass is 468 g/mol. The molecule has 0 saturated heterocycles. The van der Waals surface area contributed by atoms with E-state index in [9.17, 15) is 4.79 Å². The van der Waals surface area contributed by atoms with Crippen molar-refractivity contribution in [1.82, 2.24) is 0 Å². The standard InChI is InChI=1S/C33H28N2O/c34-33(21-23-13-14-25-9-4-5-10-27(25)19-23)22-31(33)26-15-17-30(18-16-26)35-32(36)29-12-6-11-28(20-29)24-7-2-1-3-8-24/h1-20,31H,21-22,34H2,(H,35,36)/t31-,33+/m0/s1. The van der Waals surface area contributed by atoms with Gasteiger partial charge in [0.25, 0.3) is 5.91 Å². The van der Waals surface area contributed by atoms with Crippen LogP contribution in [-0.4, -0.2) is 11.4 Å². The topological polar surface area (TPSA) is 55.1 Å². The van der Waals surface area contributed by atoms with Crippen LogP contribution in [0, 0.1) is 0 Å². The smallest absolute Gasteiger partial charge is 0.255 e. The van der Waals surface area contributed by atoms with Gasteiger partial charge in [0.05, 0.1) is 0 Å². The lowest BCUT2D eigenvalue weighted by molar-refractivity contribution is 0.102. The summed E-state index contributed by atoms with van der Waals surface area (Å²) in [5.41, 5.74) is 12.6. The summed E-state index contributed by atoms with van der Waals surface area (Å²) in [7, 11) is 0. The van der Waals surface area contributed by atoms with Crippen molar-refractivity contribution in [3.05, 3.63) is 138 Å². The summed E-state index contributed by atoms with van der Waals surface area (Å²) in [6.07, 6.45) is 1.83. The number of carbonyl (C=O) groups excluding carboxylic acids is 1. The zero-order chi connectivity index (χ0) is 24.5. The minimum atomic E-state index is -0.217. The number of amides is 1. The number of nitrogens with two attached hydrogens (primary N) is 1. The van der Waals surface area contributed by atoms with Gasteiger partial charge in [-0.25, -0.2) is 0 Å². The Morgan fingerprint density at radius 1 is 0.750 bits per heavy atom. The van der Waals surface area contributed by atoms with Gasteiger partial charge in [-0.1, -0.05) is 97.1 Å². The molecule has 2 atom stereocenters. The third kappa shape index (κ3) is 4.53. The Hall–Kier alpha value is -4.21. The number of anilines is 1. The van der Waals surface area contributed by atoms with Crippen molar-refractivity contribution in [2.75, 3.05) is 5.32 Å². The molecule has 3 heteroatoms. The first-order chi connectivity index (χ1) is 17.6. The normalized spacial score (nSPS) is 18.6. The van der Waals surface area contributed by atoms with Gasteiger partial charge < -0.3 is 11.1 Å². The second-order valence-electron chi connectivity index (χ2n) is 9.87. The molecular weight excluding hydrogens is 440 g/mol. The highest BCUT2D eigenvalue weighted by molar-refractivity contribution is 6.05. The zero-order valence-corrected chi connectivity index (χ0v) is 20.0. The Morgan fingerprint density at radius 3 is 2.28 bits per heavy atom. The third-order valence-electron chi connectivity index (χ3n) is 7.27. The number of hydrogen-bond acceptors (Lipinski definition) is 2. The first kappa shape index (κ1) is 22.3. The van der Waals surface area contributed by atoms with E-state index in [1.165, 1.54) is 21.9 Å². The highest BCUT2D eigenvalue weighted by Gasteiger charge is 2.51. The number of hydrogen-bond donors (Lipinski definition) is 2. The number of benzene rings is 5. The van der Waals surface area contributed by atoms with Crippen LogP contribution in [0.15, 0.2) is 121 Å². The molecule has 0 spiro atoms. The molecule has 1 fully saturated rings. The molecule has 1 aliphatic carbocycles. The van der Waals surface area contributed by atoms with Crippen LogP contribution in [0.5, 0.6) is 0 Å². The van der Waals surface area contributed by atoms with Gasteiger partial charge in [0.2, 0.25) is 0 Å². The molecule has 6 rings (SSSR count). The van der Waals surface area contributed by atoms with E-state index in [-0.39, 0.29) is 11.4 Å². The second-order valence-corrected chi connectivity index (χ2v) is 9.87. The fourth-order valence-electron chi connectivity index (χ4n) is 5.17. The molecule has 176 valence electrons. The molecule has 1 amide bonds. The predicted octanol–water partition coefficient (Wildman–Crippen LogP) is 7.19. The number of rotatable bonds is 6. The summed E-state index contributed by atoms with van der Waals surface area (Å²) in [4.78, 5) is 12.9. The number of carbonyl (C=O) groups is 1. The SMILES string of the molecule is N[C@]1(Cc2ccc3ccccc3c2)C[C@H]1c1ccc(NC(=O)c2cccc(-c3ccccc3)c2)cc1. The van der Waals surface area contributed by atoms with Crippen molar-refractivity contribution >= 4 is 22.4 Å². The molecule has 0 aliphatic heterocycles. The molecule has 1 aliphatic rings. The molecule has 0 heterocycles. The maximum absolute atomic E-state index is 12.9. The van der Waals surface area contributed by atoms with Gasteiger partial charge in [0.1, 0.15) is 0 Å². The minimum Gasteiger partial charge on any atom is -0.324 e. The molecule has 0 aromatic heterocycles. The average Bonchev–Trinajstić information content (AvgIpc) is 3.59. The summed E-state index contributed by atoms with van der Waals surface area (Å²) < 4.78 is 0. The molecule has 5 aromatic carbocycles. The molecular formula is C33H28N2O. The van der Waals surface area contributed by atoms with Gasteiger partial charge in [-0.15, -0.1) is 0 Å². The van der Waals surface area contributed by atoms with Gasteiger partial charge in [-0.05, 0) is 70.1 Å². The summed E-state index contributed by atoms with van der Waals surface area (Å²) in [6.45, 7) is 0. The number of fused-ring (bicyclic) bond motifs is 1. The first-order valence-electron chi connectivity index (χ1n) is 12.4. The van der Waals surface area contributed by atoms with Crippen LogP contribution < -0.4 is 11.1 Å².